The van der Waals surface area contributed by atoms with Crippen molar-refractivity contribution in [2.24, 2.45) is 0 Å². The number of nitrogens with one attached hydrogen (secondary N) is 2. The summed E-state index contributed by atoms with van der Waals surface area (Å²) in [5.74, 6) is 0.914. The predicted molar refractivity (Wildman–Crippen MR) is 95.6 cm³/mol. The van der Waals surface area contributed by atoms with Gasteiger partial charge in [0.15, 0.2) is 0 Å². The summed E-state index contributed by atoms with van der Waals surface area (Å²) in [5, 5.41) is 5.88. The molecule has 1 aliphatic rings. The van der Waals surface area contributed by atoms with Crippen LogP contribution in [0.2, 0.25) is 0 Å². The molecule has 0 unspecified atom stereocenters. The number of fused-ring (bicyclic) bond motifs is 1. The molecule has 5 heteroatoms. The van der Waals surface area contributed by atoms with E-state index in [1.54, 1.807) is 0 Å². The normalized spacial score (nSPS) is 15.8. The lowest BCUT2D eigenvalue weighted by molar-refractivity contribution is 0.214. The molecule has 0 bridgehead atoms. The summed E-state index contributed by atoms with van der Waals surface area (Å²) in [6.07, 6.45) is 0.793. The lowest BCUT2D eigenvalue weighted by atomic mass is 10.0. The minimum atomic E-state index is -0.167. The number of hydrogen-bond donors (Lipinski definition) is 2. The second kappa shape index (κ2) is 7.25. The Balaban J connectivity index is 1.48. The summed E-state index contributed by atoms with van der Waals surface area (Å²) in [5.41, 5.74) is 3.34. The zero-order valence-electron chi connectivity index (χ0n) is 14.1. The summed E-state index contributed by atoms with van der Waals surface area (Å²) < 4.78 is 5.69. The molecule has 0 saturated heterocycles. The summed E-state index contributed by atoms with van der Waals surface area (Å²) in [7, 11) is 4.01. The Hall–Kier alpha value is -2.69. The van der Waals surface area contributed by atoms with E-state index in [1.165, 1.54) is 0 Å². The van der Waals surface area contributed by atoms with Crippen molar-refractivity contribution >= 4 is 11.7 Å². The Labute approximate surface area is 142 Å². The van der Waals surface area contributed by atoms with Crippen molar-refractivity contribution < 1.29 is 9.53 Å². The van der Waals surface area contributed by atoms with Gasteiger partial charge in [0.25, 0.3) is 0 Å². The maximum atomic E-state index is 12.1. The molecule has 1 aliphatic heterocycles. The van der Waals surface area contributed by atoms with Crippen molar-refractivity contribution in [1.29, 1.82) is 0 Å². The molecular formula is C19H23N3O2. The first-order valence-corrected chi connectivity index (χ1v) is 8.13. The van der Waals surface area contributed by atoms with Gasteiger partial charge < -0.3 is 20.3 Å². The molecule has 0 spiro atoms. The number of amides is 2. The van der Waals surface area contributed by atoms with Crippen LogP contribution < -0.4 is 20.3 Å². The number of nitrogens with zero attached hydrogens (tertiary/aromatic N) is 1. The van der Waals surface area contributed by atoms with Crippen LogP contribution in [0.15, 0.2) is 48.5 Å². The maximum absolute atomic E-state index is 12.1. The SMILES string of the molecule is CN(C)c1ccc(CNC(=O)N[C@@H]2COc3ccccc3C2)cc1. The van der Waals surface area contributed by atoms with Gasteiger partial charge in [-0.05, 0) is 35.7 Å². The zero-order chi connectivity index (χ0) is 16.9. The summed E-state index contributed by atoms with van der Waals surface area (Å²) >= 11 is 0. The summed E-state index contributed by atoms with van der Waals surface area (Å²) in [4.78, 5) is 14.1. The van der Waals surface area contributed by atoms with E-state index < -0.39 is 0 Å². The van der Waals surface area contributed by atoms with Crippen LogP contribution in [0.3, 0.4) is 0 Å². The molecule has 1 heterocycles. The first-order valence-electron chi connectivity index (χ1n) is 8.13. The van der Waals surface area contributed by atoms with E-state index in [2.05, 4.69) is 10.6 Å². The number of urea groups is 1. The number of rotatable bonds is 4. The standard InChI is InChI=1S/C19H23N3O2/c1-22(2)17-9-7-14(8-10-17)12-20-19(23)21-16-11-15-5-3-4-6-18(15)24-13-16/h3-10,16H,11-13H2,1-2H3,(H2,20,21,23)/t16-/m0/s1. The van der Waals surface area contributed by atoms with Crippen LogP contribution in [-0.4, -0.2) is 32.8 Å². The van der Waals surface area contributed by atoms with Gasteiger partial charge >= 0.3 is 6.03 Å². The first kappa shape index (κ1) is 16.2. The van der Waals surface area contributed by atoms with E-state index in [0.717, 1.165) is 29.0 Å². The predicted octanol–water partition coefficient (Wildman–Crippen LogP) is 2.56. The fraction of sp³-hybridized carbons (Fsp3) is 0.316. The summed E-state index contributed by atoms with van der Waals surface area (Å²) in [6.45, 7) is 1.01. The van der Waals surface area contributed by atoms with Gasteiger partial charge in [-0.3, -0.25) is 0 Å². The second-order valence-corrected chi connectivity index (χ2v) is 6.21. The van der Waals surface area contributed by atoms with E-state index in [0.29, 0.717) is 13.2 Å². The average Bonchev–Trinajstić information content (AvgIpc) is 2.60. The molecule has 5 nitrogen and oxygen atoms in total. The van der Waals surface area contributed by atoms with Crippen molar-refractivity contribution in [2.75, 3.05) is 25.6 Å². The van der Waals surface area contributed by atoms with Crippen molar-refractivity contribution in [3.05, 3.63) is 59.7 Å². The maximum Gasteiger partial charge on any atom is 0.315 e. The molecule has 1 atom stereocenters. The molecule has 0 fully saturated rings. The zero-order valence-corrected chi connectivity index (χ0v) is 14.1. The van der Waals surface area contributed by atoms with E-state index in [-0.39, 0.29) is 12.1 Å². The van der Waals surface area contributed by atoms with Crippen LogP contribution in [0.5, 0.6) is 5.75 Å². The minimum absolute atomic E-state index is 0.00369. The molecule has 0 aliphatic carbocycles. The van der Waals surface area contributed by atoms with Crippen LogP contribution in [0, 0.1) is 0 Å². The lowest BCUT2D eigenvalue weighted by Crippen LogP contribution is -2.47. The molecule has 0 radical (unpaired) electrons. The van der Waals surface area contributed by atoms with Gasteiger partial charge in [0.2, 0.25) is 0 Å². The highest BCUT2D eigenvalue weighted by molar-refractivity contribution is 5.74. The molecule has 24 heavy (non-hydrogen) atoms. The van der Waals surface area contributed by atoms with Crippen LogP contribution >= 0.6 is 0 Å². The van der Waals surface area contributed by atoms with Gasteiger partial charge in [0.1, 0.15) is 12.4 Å². The number of ether oxygens (including phenoxy) is 1. The molecule has 0 saturated carbocycles. The number of anilines is 1. The van der Waals surface area contributed by atoms with Gasteiger partial charge in [0.05, 0.1) is 6.04 Å². The van der Waals surface area contributed by atoms with Gasteiger partial charge in [-0.15, -0.1) is 0 Å². The molecule has 3 rings (SSSR count). The van der Waals surface area contributed by atoms with Crippen LogP contribution in [0.1, 0.15) is 11.1 Å². The van der Waals surface area contributed by atoms with Crippen molar-refractivity contribution in [3.63, 3.8) is 0 Å². The molecular weight excluding hydrogens is 302 g/mol. The monoisotopic (exact) mass is 325 g/mol. The highest BCUT2D eigenvalue weighted by atomic mass is 16.5. The van der Waals surface area contributed by atoms with E-state index in [1.807, 2.05) is 67.5 Å². The fourth-order valence-electron chi connectivity index (χ4n) is 2.75. The van der Waals surface area contributed by atoms with Crippen molar-refractivity contribution in [2.45, 2.75) is 19.0 Å². The van der Waals surface area contributed by atoms with E-state index in [9.17, 15) is 4.79 Å². The first-order chi connectivity index (χ1) is 11.6. The van der Waals surface area contributed by atoms with Crippen molar-refractivity contribution in [3.8, 4) is 5.75 Å². The molecule has 0 aromatic heterocycles. The largest absolute Gasteiger partial charge is 0.491 e. The highest BCUT2D eigenvalue weighted by Gasteiger charge is 2.20. The van der Waals surface area contributed by atoms with Gasteiger partial charge in [-0.25, -0.2) is 4.79 Å². The Bertz CT molecular complexity index is 698. The Morgan fingerprint density at radius 3 is 2.67 bits per heavy atom. The lowest BCUT2D eigenvalue weighted by Gasteiger charge is -2.26. The Morgan fingerprint density at radius 1 is 1.17 bits per heavy atom. The van der Waals surface area contributed by atoms with Gasteiger partial charge in [0, 0.05) is 26.3 Å². The molecule has 2 aromatic rings. The number of carbonyl (C=O) groups excluding carboxylic acids is 1. The van der Waals surface area contributed by atoms with Gasteiger partial charge in [-0.2, -0.15) is 0 Å². The smallest absolute Gasteiger partial charge is 0.315 e. The number of carbonyl (C=O) groups is 1. The molecule has 2 amide bonds. The quantitative estimate of drug-likeness (QED) is 0.908. The average molecular weight is 325 g/mol. The topological polar surface area (TPSA) is 53.6 Å². The van der Waals surface area contributed by atoms with E-state index >= 15 is 0 Å². The summed E-state index contributed by atoms with van der Waals surface area (Å²) in [6, 6.07) is 15.9. The number of hydrogen-bond acceptors (Lipinski definition) is 3. The van der Waals surface area contributed by atoms with E-state index in [4.69, 9.17) is 4.74 Å². The second-order valence-electron chi connectivity index (χ2n) is 6.21. The third kappa shape index (κ3) is 3.98. The molecule has 126 valence electrons. The van der Waals surface area contributed by atoms with Crippen LogP contribution in [0.25, 0.3) is 0 Å². The number of para-hydroxylation sites is 1. The number of benzene rings is 2. The van der Waals surface area contributed by atoms with Gasteiger partial charge in [-0.1, -0.05) is 30.3 Å². The highest BCUT2D eigenvalue weighted by Crippen LogP contribution is 2.23. The third-order valence-electron chi connectivity index (χ3n) is 4.12. The third-order valence-corrected chi connectivity index (χ3v) is 4.12. The molecule has 2 N–H and O–H groups in total. The minimum Gasteiger partial charge on any atom is -0.491 e. The Kier molecular flexibility index (Phi) is 4.89. The fourth-order valence-corrected chi connectivity index (χ4v) is 2.75. The van der Waals surface area contributed by atoms with Crippen molar-refractivity contribution in [1.82, 2.24) is 10.6 Å². The van der Waals surface area contributed by atoms with Crippen LogP contribution in [-0.2, 0) is 13.0 Å². The Morgan fingerprint density at radius 2 is 1.92 bits per heavy atom. The molecule has 2 aromatic carbocycles. The van der Waals surface area contributed by atoms with Crippen LogP contribution in [0.4, 0.5) is 10.5 Å².